The van der Waals surface area contributed by atoms with Gasteiger partial charge < -0.3 is 10.6 Å². The number of thioether (sulfide) groups is 1. The molecule has 1 aromatic carbocycles. The zero-order chi connectivity index (χ0) is 12.1. The van der Waals surface area contributed by atoms with Crippen molar-refractivity contribution in [3.05, 3.63) is 23.8 Å². The molecule has 0 radical (unpaired) electrons. The van der Waals surface area contributed by atoms with Crippen molar-refractivity contribution in [1.29, 1.82) is 0 Å². The normalized spacial score (nSPS) is 12.5. The molecule has 1 atom stereocenters. The summed E-state index contributed by atoms with van der Waals surface area (Å²) in [7, 11) is 2.15. The van der Waals surface area contributed by atoms with Crippen molar-refractivity contribution in [2.24, 2.45) is 0 Å². The molecule has 0 spiro atoms. The van der Waals surface area contributed by atoms with Crippen LogP contribution in [0.3, 0.4) is 0 Å². The summed E-state index contributed by atoms with van der Waals surface area (Å²) in [6.45, 7) is 4.32. The van der Waals surface area contributed by atoms with Crippen LogP contribution >= 0.6 is 11.8 Å². The van der Waals surface area contributed by atoms with E-state index in [-0.39, 0.29) is 0 Å². The zero-order valence-corrected chi connectivity index (χ0v) is 11.5. The van der Waals surface area contributed by atoms with Crippen LogP contribution < -0.4 is 10.6 Å². The number of nitrogens with zero attached hydrogens (tertiary/aromatic N) is 1. The molecule has 0 amide bonds. The molecule has 0 aliphatic heterocycles. The minimum atomic E-state index is 0.580. The summed E-state index contributed by atoms with van der Waals surface area (Å²) in [6.07, 6.45) is 3.31. The van der Waals surface area contributed by atoms with Crippen molar-refractivity contribution in [1.82, 2.24) is 0 Å². The number of aryl methyl sites for hydroxylation is 1. The van der Waals surface area contributed by atoms with Crippen molar-refractivity contribution in [3.63, 3.8) is 0 Å². The summed E-state index contributed by atoms with van der Waals surface area (Å²) in [4.78, 5) is 2.33. The van der Waals surface area contributed by atoms with E-state index in [1.807, 2.05) is 17.8 Å². The molecule has 1 unspecified atom stereocenters. The second-order valence-corrected chi connectivity index (χ2v) is 5.14. The van der Waals surface area contributed by atoms with Crippen LogP contribution in [0.4, 0.5) is 11.4 Å². The molecule has 0 bridgehead atoms. The number of benzene rings is 1. The Morgan fingerprint density at radius 1 is 1.38 bits per heavy atom. The second-order valence-electron chi connectivity index (χ2n) is 4.23. The first kappa shape index (κ1) is 13.2. The van der Waals surface area contributed by atoms with E-state index in [9.17, 15) is 0 Å². The molecular formula is C13H22N2S. The Kier molecular flexibility index (Phi) is 5.00. The maximum Gasteiger partial charge on any atom is 0.0389 e. The molecular weight excluding hydrogens is 216 g/mol. The van der Waals surface area contributed by atoms with Gasteiger partial charge >= 0.3 is 0 Å². The number of hydrogen-bond acceptors (Lipinski definition) is 3. The third-order valence-corrected chi connectivity index (χ3v) is 3.59. The van der Waals surface area contributed by atoms with Gasteiger partial charge in [-0.3, -0.25) is 0 Å². The maximum atomic E-state index is 5.88. The molecule has 0 saturated heterocycles. The molecule has 2 N–H and O–H groups in total. The van der Waals surface area contributed by atoms with E-state index >= 15 is 0 Å². The number of rotatable bonds is 5. The molecule has 0 heterocycles. The summed E-state index contributed by atoms with van der Waals surface area (Å²) < 4.78 is 0. The lowest BCUT2D eigenvalue weighted by molar-refractivity contribution is 0.673. The zero-order valence-electron chi connectivity index (χ0n) is 10.7. The summed E-state index contributed by atoms with van der Waals surface area (Å²) in [5.41, 5.74) is 9.17. The highest BCUT2D eigenvalue weighted by Gasteiger charge is 2.13. The highest BCUT2D eigenvalue weighted by atomic mass is 32.2. The van der Waals surface area contributed by atoms with Gasteiger partial charge in [0.25, 0.3) is 0 Å². The SMILES string of the molecule is CCC(CSC)N(C)c1cc(C)cc(N)c1. The molecule has 0 aliphatic carbocycles. The van der Waals surface area contributed by atoms with Crippen LogP contribution in [0.25, 0.3) is 0 Å². The first-order valence-electron chi connectivity index (χ1n) is 5.67. The van der Waals surface area contributed by atoms with E-state index in [0.29, 0.717) is 6.04 Å². The summed E-state index contributed by atoms with van der Waals surface area (Å²) in [5.74, 6) is 1.15. The van der Waals surface area contributed by atoms with Gasteiger partial charge in [-0.2, -0.15) is 11.8 Å². The van der Waals surface area contributed by atoms with Gasteiger partial charge in [0.2, 0.25) is 0 Å². The topological polar surface area (TPSA) is 29.3 Å². The van der Waals surface area contributed by atoms with Gasteiger partial charge in [0.05, 0.1) is 0 Å². The minimum absolute atomic E-state index is 0.580. The summed E-state index contributed by atoms with van der Waals surface area (Å²) >= 11 is 1.89. The number of hydrogen-bond donors (Lipinski definition) is 1. The smallest absolute Gasteiger partial charge is 0.0389 e. The van der Waals surface area contributed by atoms with E-state index in [4.69, 9.17) is 5.73 Å². The Bertz CT molecular complexity index is 318. The molecule has 0 saturated carbocycles. The fourth-order valence-corrected chi connectivity index (χ4v) is 2.75. The van der Waals surface area contributed by atoms with Crippen LogP contribution in [0.1, 0.15) is 18.9 Å². The van der Waals surface area contributed by atoms with Gasteiger partial charge in [0.1, 0.15) is 0 Å². The summed E-state index contributed by atoms with van der Waals surface area (Å²) in [6, 6.07) is 6.83. The highest BCUT2D eigenvalue weighted by Crippen LogP contribution is 2.23. The monoisotopic (exact) mass is 238 g/mol. The quantitative estimate of drug-likeness (QED) is 0.799. The first-order chi connectivity index (χ1) is 7.58. The third kappa shape index (κ3) is 3.34. The van der Waals surface area contributed by atoms with Crippen molar-refractivity contribution >= 4 is 23.1 Å². The second kappa shape index (κ2) is 6.04. The van der Waals surface area contributed by atoms with Crippen molar-refractivity contribution in [2.45, 2.75) is 26.3 Å². The van der Waals surface area contributed by atoms with E-state index in [1.165, 1.54) is 11.3 Å². The number of nitrogens with two attached hydrogens (primary N) is 1. The standard InChI is InChI=1S/C13H22N2S/c1-5-12(9-16-4)15(3)13-7-10(2)6-11(14)8-13/h6-8,12H,5,9,14H2,1-4H3. The molecule has 16 heavy (non-hydrogen) atoms. The molecule has 2 nitrogen and oxygen atoms in total. The van der Waals surface area contributed by atoms with Crippen LogP contribution in [0.2, 0.25) is 0 Å². The predicted octanol–water partition coefficient (Wildman–Crippen LogP) is 3.16. The Morgan fingerprint density at radius 3 is 2.56 bits per heavy atom. The van der Waals surface area contributed by atoms with Gasteiger partial charge in [0.15, 0.2) is 0 Å². The Morgan fingerprint density at radius 2 is 2.06 bits per heavy atom. The molecule has 3 heteroatoms. The first-order valence-corrected chi connectivity index (χ1v) is 7.06. The van der Waals surface area contributed by atoms with Gasteiger partial charge in [-0.15, -0.1) is 0 Å². The maximum absolute atomic E-state index is 5.88. The lowest BCUT2D eigenvalue weighted by atomic mass is 10.1. The van der Waals surface area contributed by atoms with E-state index < -0.39 is 0 Å². The fraction of sp³-hybridized carbons (Fsp3) is 0.538. The molecule has 90 valence electrons. The van der Waals surface area contributed by atoms with E-state index in [1.54, 1.807) is 0 Å². The lowest BCUT2D eigenvalue weighted by Gasteiger charge is -2.29. The average Bonchev–Trinajstić information content (AvgIpc) is 2.23. The highest BCUT2D eigenvalue weighted by molar-refractivity contribution is 7.98. The van der Waals surface area contributed by atoms with Crippen LogP contribution in [-0.2, 0) is 0 Å². The molecule has 0 aromatic heterocycles. The van der Waals surface area contributed by atoms with Crippen LogP contribution in [0, 0.1) is 6.92 Å². The number of anilines is 2. The van der Waals surface area contributed by atoms with Gasteiger partial charge in [-0.1, -0.05) is 6.92 Å². The Labute approximate surface area is 103 Å². The largest absolute Gasteiger partial charge is 0.399 e. The van der Waals surface area contributed by atoms with Gasteiger partial charge in [-0.05, 0) is 43.4 Å². The van der Waals surface area contributed by atoms with E-state index in [0.717, 1.165) is 17.9 Å². The van der Waals surface area contributed by atoms with Gasteiger partial charge in [-0.25, -0.2) is 0 Å². The van der Waals surface area contributed by atoms with Crippen molar-refractivity contribution < 1.29 is 0 Å². The van der Waals surface area contributed by atoms with Crippen molar-refractivity contribution in [2.75, 3.05) is 29.7 Å². The molecule has 1 rings (SSSR count). The van der Waals surface area contributed by atoms with Crippen LogP contribution in [0.5, 0.6) is 0 Å². The predicted molar refractivity (Wildman–Crippen MR) is 76.5 cm³/mol. The lowest BCUT2D eigenvalue weighted by Crippen LogP contribution is -2.33. The Balaban J connectivity index is 2.89. The Hall–Kier alpha value is -0.830. The molecule has 1 aromatic rings. The van der Waals surface area contributed by atoms with Gasteiger partial charge in [0, 0.05) is 30.2 Å². The molecule has 0 aliphatic rings. The third-order valence-electron chi connectivity index (χ3n) is 2.87. The van der Waals surface area contributed by atoms with Crippen LogP contribution in [-0.4, -0.2) is 25.1 Å². The van der Waals surface area contributed by atoms with Crippen LogP contribution in [0.15, 0.2) is 18.2 Å². The van der Waals surface area contributed by atoms with Crippen molar-refractivity contribution in [3.8, 4) is 0 Å². The minimum Gasteiger partial charge on any atom is -0.399 e. The van der Waals surface area contributed by atoms with E-state index in [2.05, 4.69) is 44.2 Å². The molecule has 0 fully saturated rings. The summed E-state index contributed by atoms with van der Waals surface area (Å²) in [5, 5.41) is 0. The number of nitrogen functional groups attached to an aromatic ring is 1. The fourth-order valence-electron chi connectivity index (χ4n) is 1.90. The average molecular weight is 238 g/mol.